The van der Waals surface area contributed by atoms with Crippen molar-refractivity contribution in [1.29, 1.82) is 0 Å². The highest BCUT2D eigenvalue weighted by molar-refractivity contribution is 5.54. The van der Waals surface area contributed by atoms with Gasteiger partial charge in [0.1, 0.15) is 6.29 Å². The Morgan fingerprint density at radius 3 is 2.32 bits per heavy atom. The maximum atomic E-state index is 11.8. The Balaban J connectivity index is 1.29. The molecule has 0 aromatic heterocycles. The van der Waals surface area contributed by atoms with E-state index in [9.17, 15) is 4.79 Å². The molecule has 5 heteroatoms. The Kier molecular flexibility index (Phi) is 7.46. The van der Waals surface area contributed by atoms with Crippen LogP contribution < -0.4 is 0 Å². The molecule has 3 saturated carbocycles. The maximum absolute atomic E-state index is 11.8. The zero-order chi connectivity index (χ0) is 25.6. The Morgan fingerprint density at radius 2 is 1.65 bits per heavy atom. The average molecular weight is 513 g/mol. The Bertz CT molecular complexity index is 899. The molecular formula is C32H48O5. The first kappa shape index (κ1) is 26.2. The smallest absolute Gasteiger partial charge is 0.157 e. The lowest BCUT2D eigenvalue weighted by molar-refractivity contribution is -0.242. The molecule has 2 saturated heterocycles. The van der Waals surface area contributed by atoms with E-state index in [1.807, 2.05) is 0 Å². The predicted octanol–water partition coefficient (Wildman–Crippen LogP) is 6.75. The normalized spacial score (nSPS) is 46.6. The number of aldehydes is 1. The largest absolute Gasteiger partial charge is 0.353 e. The molecule has 4 aliphatic carbocycles. The maximum Gasteiger partial charge on any atom is 0.157 e. The number of rotatable bonds is 6. The number of carbonyl (C=O) groups is 1. The predicted molar refractivity (Wildman–Crippen MR) is 143 cm³/mol. The van der Waals surface area contributed by atoms with Crippen LogP contribution in [0.25, 0.3) is 0 Å². The number of hydrogen-bond acceptors (Lipinski definition) is 5. The highest BCUT2D eigenvalue weighted by Gasteiger charge is 2.59. The second kappa shape index (κ2) is 10.5. The summed E-state index contributed by atoms with van der Waals surface area (Å²) >= 11 is 0. The van der Waals surface area contributed by atoms with Gasteiger partial charge in [0.2, 0.25) is 0 Å². The zero-order valence-corrected chi connectivity index (χ0v) is 23.3. The van der Waals surface area contributed by atoms with Crippen LogP contribution in [0.5, 0.6) is 0 Å². The molecule has 37 heavy (non-hydrogen) atoms. The molecular weight excluding hydrogens is 464 g/mol. The fraction of sp³-hybridized carbons (Fsp3) is 0.844. The minimum absolute atomic E-state index is 0.0339. The summed E-state index contributed by atoms with van der Waals surface area (Å²) in [6, 6.07) is 0. The summed E-state index contributed by atoms with van der Waals surface area (Å²) in [6.45, 7) is 8.72. The van der Waals surface area contributed by atoms with E-state index in [4.69, 9.17) is 18.9 Å². The minimum Gasteiger partial charge on any atom is -0.353 e. The molecule has 2 heterocycles. The van der Waals surface area contributed by atoms with Crippen LogP contribution in [0.2, 0.25) is 0 Å². The first-order valence-corrected chi connectivity index (χ1v) is 15.3. The standard InChI is InChI=1S/C32H48O5/c1-21(20-33)25-12-13-26-24-11-10-22-18-23(36-29-8-4-6-16-34-29)19-28(37-30-9-5-7-17-35-30)32(22,3)27(24)14-15-31(25,26)2/h10-11,20-21,23,25-30H,4-9,12-19H2,1-3H3/t21?,23?,25-,26+,27+,28?,29?,30?,31-,32+/m1/s1. The minimum atomic E-state index is -0.103. The summed E-state index contributed by atoms with van der Waals surface area (Å²) in [6.07, 6.45) is 19.4. The van der Waals surface area contributed by atoms with Crippen molar-refractivity contribution in [3.8, 4) is 0 Å². The monoisotopic (exact) mass is 512 g/mol. The van der Waals surface area contributed by atoms with E-state index >= 15 is 0 Å². The van der Waals surface area contributed by atoms with Crippen molar-refractivity contribution in [3.05, 3.63) is 23.3 Å². The lowest BCUT2D eigenvalue weighted by Crippen LogP contribution is -2.55. The van der Waals surface area contributed by atoms with E-state index in [0.717, 1.165) is 51.7 Å². The van der Waals surface area contributed by atoms with E-state index in [-0.39, 0.29) is 41.5 Å². The van der Waals surface area contributed by atoms with Gasteiger partial charge in [0.15, 0.2) is 12.6 Å². The molecule has 0 radical (unpaired) electrons. The first-order chi connectivity index (χ1) is 17.9. The van der Waals surface area contributed by atoms with Gasteiger partial charge in [-0.15, -0.1) is 0 Å². The molecule has 5 unspecified atom stereocenters. The average Bonchev–Trinajstić information content (AvgIpc) is 3.27. The summed E-state index contributed by atoms with van der Waals surface area (Å²) in [7, 11) is 0. The van der Waals surface area contributed by atoms with Crippen molar-refractivity contribution in [2.24, 2.45) is 34.5 Å². The van der Waals surface area contributed by atoms with Crippen LogP contribution >= 0.6 is 0 Å². The number of allylic oxidation sites excluding steroid dienone is 3. The quantitative estimate of drug-likeness (QED) is 0.368. The van der Waals surface area contributed by atoms with Gasteiger partial charge >= 0.3 is 0 Å². The highest BCUT2D eigenvalue weighted by atomic mass is 16.7. The summed E-state index contributed by atoms with van der Waals surface area (Å²) in [5.41, 5.74) is 3.32. The van der Waals surface area contributed by atoms with E-state index in [1.165, 1.54) is 50.4 Å². The lowest BCUT2D eigenvalue weighted by Gasteiger charge is -2.58. The van der Waals surface area contributed by atoms with Crippen LogP contribution in [-0.4, -0.2) is 44.3 Å². The van der Waals surface area contributed by atoms with Crippen molar-refractivity contribution in [3.63, 3.8) is 0 Å². The molecule has 0 spiro atoms. The van der Waals surface area contributed by atoms with E-state index in [0.29, 0.717) is 17.8 Å². The molecule has 0 N–H and O–H groups in total. The van der Waals surface area contributed by atoms with Crippen molar-refractivity contribution in [1.82, 2.24) is 0 Å². The van der Waals surface area contributed by atoms with E-state index < -0.39 is 0 Å². The molecule has 0 aromatic rings. The second-order valence-corrected chi connectivity index (χ2v) is 13.4. The van der Waals surface area contributed by atoms with Gasteiger partial charge in [0.05, 0.1) is 12.2 Å². The number of carbonyl (C=O) groups excluding carboxylic acids is 1. The third-order valence-electron chi connectivity index (χ3n) is 11.5. The molecule has 0 bridgehead atoms. The highest BCUT2D eigenvalue weighted by Crippen LogP contribution is 2.66. The topological polar surface area (TPSA) is 54.0 Å². The van der Waals surface area contributed by atoms with Crippen molar-refractivity contribution in [2.45, 2.75) is 123 Å². The van der Waals surface area contributed by atoms with Crippen LogP contribution in [0, 0.1) is 34.5 Å². The second-order valence-electron chi connectivity index (χ2n) is 13.4. The number of hydrogen-bond donors (Lipinski definition) is 0. The lowest BCUT2D eigenvalue weighted by atomic mass is 9.49. The summed E-state index contributed by atoms with van der Waals surface area (Å²) < 4.78 is 25.6. The third kappa shape index (κ3) is 4.60. The van der Waals surface area contributed by atoms with E-state index in [1.54, 1.807) is 5.57 Å². The van der Waals surface area contributed by atoms with Gasteiger partial charge in [-0.2, -0.15) is 0 Å². The van der Waals surface area contributed by atoms with Gasteiger partial charge in [-0.3, -0.25) is 0 Å². The van der Waals surface area contributed by atoms with Crippen LogP contribution in [0.15, 0.2) is 23.3 Å². The molecule has 0 amide bonds. The Labute approximate surface area is 223 Å². The molecule has 6 aliphatic rings. The van der Waals surface area contributed by atoms with Crippen molar-refractivity contribution < 1.29 is 23.7 Å². The molecule has 5 fully saturated rings. The van der Waals surface area contributed by atoms with Gasteiger partial charge in [0.25, 0.3) is 0 Å². The molecule has 2 aliphatic heterocycles. The van der Waals surface area contributed by atoms with Gasteiger partial charge in [-0.1, -0.05) is 44.1 Å². The van der Waals surface area contributed by atoms with Crippen LogP contribution in [0.4, 0.5) is 0 Å². The first-order valence-electron chi connectivity index (χ1n) is 15.3. The molecule has 206 valence electrons. The number of fused-ring (bicyclic) bond motifs is 5. The summed E-state index contributed by atoms with van der Waals surface area (Å²) in [5, 5.41) is 0. The van der Waals surface area contributed by atoms with E-state index in [2.05, 4.69) is 32.9 Å². The van der Waals surface area contributed by atoms with Gasteiger partial charge in [-0.05, 0) is 93.8 Å². The molecule has 0 aromatic carbocycles. The van der Waals surface area contributed by atoms with Crippen LogP contribution in [0.1, 0.15) is 97.8 Å². The SMILES string of the molecule is CC(C=O)[C@H]1CC[C@H]2C3=CC=C4CC(OC5CCCCO5)CC(OC5CCCCO5)[C@]4(C)[C@H]3CC[C@]12C. The molecule has 6 rings (SSSR count). The van der Waals surface area contributed by atoms with Gasteiger partial charge in [0, 0.05) is 31.0 Å². The molecule has 5 nitrogen and oxygen atoms in total. The summed E-state index contributed by atoms with van der Waals surface area (Å²) in [4.78, 5) is 11.8. The fourth-order valence-corrected chi connectivity index (χ4v) is 9.34. The van der Waals surface area contributed by atoms with Crippen LogP contribution in [-0.2, 0) is 23.7 Å². The van der Waals surface area contributed by atoms with Gasteiger partial charge in [-0.25, -0.2) is 0 Å². The van der Waals surface area contributed by atoms with Crippen LogP contribution in [0.3, 0.4) is 0 Å². The number of ether oxygens (including phenoxy) is 4. The Hall–Kier alpha value is -1.01. The fourth-order valence-electron chi connectivity index (χ4n) is 9.34. The third-order valence-corrected chi connectivity index (χ3v) is 11.5. The summed E-state index contributed by atoms with van der Waals surface area (Å²) in [5.74, 6) is 1.71. The zero-order valence-electron chi connectivity index (χ0n) is 23.3. The molecule has 10 atom stereocenters. The Morgan fingerprint density at radius 1 is 0.919 bits per heavy atom. The van der Waals surface area contributed by atoms with Crippen molar-refractivity contribution >= 4 is 6.29 Å². The van der Waals surface area contributed by atoms with Crippen molar-refractivity contribution in [2.75, 3.05) is 13.2 Å². The van der Waals surface area contributed by atoms with Gasteiger partial charge < -0.3 is 23.7 Å².